The van der Waals surface area contributed by atoms with Crippen LogP contribution in [0.4, 0.5) is 11.4 Å². The molecule has 234 valence electrons. The van der Waals surface area contributed by atoms with Gasteiger partial charge in [0.25, 0.3) is 16.5 Å². The number of hydrogen-bond acceptors (Lipinski definition) is 7. The van der Waals surface area contributed by atoms with Crippen LogP contribution >= 0.6 is 0 Å². The monoisotopic (exact) mass is 619 g/mol. The van der Waals surface area contributed by atoms with Gasteiger partial charge in [0, 0.05) is 47.1 Å². The lowest BCUT2D eigenvalue weighted by Crippen LogP contribution is -2.42. The first-order chi connectivity index (χ1) is 20.9. The number of aryl methyl sites for hydroxylation is 1. The highest BCUT2D eigenvalue weighted by atomic mass is 32.2. The van der Waals surface area contributed by atoms with E-state index in [1.165, 1.54) is 12.1 Å². The van der Waals surface area contributed by atoms with E-state index in [4.69, 9.17) is 10.5 Å². The number of ether oxygens (including phenoxy) is 1. The zero-order valence-electron chi connectivity index (χ0n) is 25.5. The number of sulfonamides is 1. The van der Waals surface area contributed by atoms with Crippen LogP contribution in [0.1, 0.15) is 45.8 Å². The highest BCUT2D eigenvalue weighted by molar-refractivity contribution is 7.92. The van der Waals surface area contributed by atoms with Crippen molar-refractivity contribution < 1.29 is 22.7 Å². The van der Waals surface area contributed by atoms with Crippen LogP contribution in [0.15, 0.2) is 90.0 Å². The number of rotatable bonds is 15. The molecule has 0 unspecified atom stereocenters. The van der Waals surface area contributed by atoms with E-state index in [1.54, 1.807) is 42.5 Å². The summed E-state index contributed by atoms with van der Waals surface area (Å²) >= 11 is 0. The molecule has 3 aromatic carbocycles. The Morgan fingerprint density at radius 3 is 2.45 bits per heavy atom. The van der Waals surface area contributed by atoms with Crippen molar-refractivity contribution in [2.75, 3.05) is 16.6 Å². The second kappa shape index (κ2) is 14.1. The van der Waals surface area contributed by atoms with E-state index in [1.807, 2.05) is 44.3 Å². The van der Waals surface area contributed by atoms with Crippen molar-refractivity contribution >= 4 is 44.7 Å². The minimum atomic E-state index is -3.76. The van der Waals surface area contributed by atoms with E-state index in [0.717, 1.165) is 23.9 Å². The summed E-state index contributed by atoms with van der Waals surface area (Å²) in [7, 11) is -3.76. The third-order valence-corrected chi connectivity index (χ3v) is 8.98. The van der Waals surface area contributed by atoms with Crippen molar-refractivity contribution in [3.05, 3.63) is 90.6 Å². The van der Waals surface area contributed by atoms with Crippen LogP contribution in [0, 0.1) is 5.92 Å². The average Bonchev–Trinajstić information content (AvgIpc) is 3.40. The first kappa shape index (κ1) is 32.7. The number of nitrogens with two attached hydrogens (primary N) is 1. The van der Waals surface area contributed by atoms with Crippen molar-refractivity contribution in [2.45, 2.75) is 63.2 Å². The summed E-state index contributed by atoms with van der Waals surface area (Å²) in [6.45, 7) is 9.44. The van der Waals surface area contributed by atoms with Gasteiger partial charge in [-0.15, -0.1) is 0 Å². The van der Waals surface area contributed by atoms with Crippen LogP contribution in [0.2, 0.25) is 0 Å². The van der Waals surface area contributed by atoms with Crippen molar-refractivity contribution in [2.24, 2.45) is 11.7 Å². The van der Waals surface area contributed by atoms with Gasteiger partial charge < -0.3 is 25.7 Å². The molecule has 1 heterocycles. The van der Waals surface area contributed by atoms with Crippen LogP contribution in [0.5, 0.6) is 0 Å². The summed E-state index contributed by atoms with van der Waals surface area (Å²) in [6, 6.07) is 22.2. The van der Waals surface area contributed by atoms with Crippen LogP contribution in [-0.4, -0.2) is 43.5 Å². The number of aromatic nitrogens is 1. The fourth-order valence-electron chi connectivity index (χ4n) is 4.79. The molecule has 4 rings (SSSR count). The second-order valence-corrected chi connectivity index (χ2v) is 13.5. The predicted octanol–water partition coefficient (Wildman–Crippen LogP) is 5.04. The first-order valence-electron chi connectivity index (χ1n) is 14.6. The van der Waals surface area contributed by atoms with Gasteiger partial charge in [-0.25, -0.2) is 8.42 Å². The standard InChI is InChI=1S/C33H41N5O5S/c1-23(2)31(34)32(40)36-26-13-14-29-24(19-26)15-17-38(29)18-16-33(3,4)35-21-30(43-22-39)25-9-8-10-27(20-25)37-44(41,42)28-11-6-5-7-12-28/h5-15,17,19-20,22-23,30-31,35,37H,16,18,21,34H2,1-4H3,(H,36,40)/t30-,31-/m0/s1. The molecule has 44 heavy (non-hydrogen) atoms. The maximum absolute atomic E-state index is 12.8. The van der Waals surface area contributed by atoms with Crippen molar-refractivity contribution in [1.29, 1.82) is 0 Å². The van der Waals surface area contributed by atoms with E-state index < -0.39 is 22.2 Å². The smallest absolute Gasteiger partial charge is 0.293 e. The SMILES string of the molecule is CC(C)[C@H](N)C(=O)Nc1ccc2c(ccn2CCC(C)(C)NC[C@H](OC=O)c2cccc(NS(=O)(=O)c3ccccc3)c2)c1. The fraction of sp³-hybridized carbons (Fsp3) is 0.333. The van der Waals surface area contributed by atoms with Crippen LogP contribution in [0.25, 0.3) is 10.9 Å². The summed E-state index contributed by atoms with van der Waals surface area (Å²) in [4.78, 5) is 23.9. The Hall–Kier alpha value is -4.19. The maximum Gasteiger partial charge on any atom is 0.293 e. The Balaban J connectivity index is 1.38. The zero-order valence-corrected chi connectivity index (χ0v) is 26.3. The van der Waals surface area contributed by atoms with Gasteiger partial charge in [-0.3, -0.25) is 14.3 Å². The second-order valence-electron chi connectivity index (χ2n) is 11.8. The highest BCUT2D eigenvalue weighted by Gasteiger charge is 2.23. The lowest BCUT2D eigenvalue weighted by molar-refractivity contribution is -0.134. The first-order valence-corrected chi connectivity index (χ1v) is 16.0. The van der Waals surface area contributed by atoms with Gasteiger partial charge in [0.1, 0.15) is 6.10 Å². The van der Waals surface area contributed by atoms with Gasteiger partial charge in [-0.05, 0) is 80.3 Å². The molecule has 0 aliphatic rings. The molecule has 0 spiro atoms. The zero-order chi connectivity index (χ0) is 31.9. The quantitative estimate of drug-likeness (QED) is 0.137. The number of nitrogens with one attached hydrogen (secondary N) is 3. The predicted molar refractivity (Wildman–Crippen MR) is 174 cm³/mol. The van der Waals surface area contributed by atoms with Gasteiger partial charge in [0.15, 0.2) is 0 Å². The van der Waals surface area contributed by atoms with E-state index in [2.05, 4.69) is 33.8 Å². The molecule has 0 saturated heterocycles. The molecular weight excluding hydrogens is 578 g/mol. The Morgan fingerprint density at radius 2 is 1.75 bits per heavy atom. The molecule has 0 aliphatic carbocycles. The normalized spacial score (nSPS) is 13.4. The van der Waals surface area contributed by atoms with E-state index in [9.17, 15) is 18.0 Å². The molecule has 0 radical (unpaired) electrons. The average molecular weight is 620 g/mol. The van der Waals surface area contributed by atoms with Crippen molar-refractivity contribution in [3.8, 4) is 0 Å². The summed E-state index contributed by atoms with van der Waals surface area (Å²) < 4.78 is 35.7. The minimum absolute atomic E-state index is 0.0444. The molecule has 0 bridgehead atoms. The van der Waals surface area contributed by atoms with E-state index in [0.29, 0.717) is 30.0 Å². The number of nitrogens with zero attached hydrogens (tertiary/aromatic N) is 1. The van der Waals surface area contributed by atoms with Gasteiger partial charge >= 0.3 is 0 Å². The van der Waals surface area contributed by atoms with Crippen LogP contribution < -0.4 is 21.1 Å². The Kier molecular flexibility index (Phi) is 10.5. The largest absolute Gasteiger partial charge is 0.458 e. The number of carbonyl (C=O) groups is 2. The Morgan fingerprint density at radius 1 is 1.00 bits per heavy atom. The lowest BCUT2D eigenvalue weighted by Gasteiger charge is -2.29. The van der Waals surface area contributed by atoms with Crippen molar-refractivity contribution in [3.63, 3.8) is 0 Å². The molecular formula is C33H41N5O5S. The van der Waals surface area contributed by atoms with Crippen molar-refractivity contribution in [1.82, 2.24) is 9.88 Å². The summed E-state index contributed by atoms with van der Waals surface area (Å²) in [5, 5.41) is 7.41. The number of anilines is 2. The molecule has 5 N–H and O–H groups in total. The number of hydrogen-bond donors (Lipinski definition) is 4. The minimum Gasteiger partial charge on any atom is -0.458 e. The van der Waals surface area contributed by atoms with Gasteiger partial charge in [0.2, 0.25) is 5.91 Å². The topological polar surface area (TPSA) is 145 Å². The Bertz CT molecular complexity index is 1690. The molecule has 1 amide bonds. The Labute approximate surface area is 259 Å². The van der Waals surface area contributed by atoms with Crippen LogP contribution in [-0.2, 0) is 30.9 Å². The number of carbonyl (C=O) groups excluding carboxylic acids is 2. The highest BCUT2D eigenvalue weighted by Crippen LogP contribution is 2.25. The molecule has 4 aromatic rings. The third kappa shape index (κ3) is 8.46. The molecule has 11 heteroatoms. The molecule has 0 aliphatic heterocycles. The molecule has 0 fully saturated rings. The van der Waals surface area contributed by atoms with Gasteiger partial charge in [-0.1, -0.05) is 44.2 Å². The summed E-state index contributed by atoms with van der Waals surface area (Å²) in [5.74, 6) is -0.161. The van der Waals surface area contributed by atoms with Crippen LogP contribution in [0.3, 0.4) is 0 Å². The molecule has 0 saturated carbocycles. The van der Waals surface area contributed by atoms with E-state index in [-0.39, 0.29) is 22.3 Å². The molecule has 10 nitrogen and oxygen atoms in total. The number of amides is 1. The van der Waals surface area contributed by atoms with E-state index >= 15 is 0 Å². The molecule has 2 atom stereocenters. The lowest BCUT2D eigenvalue weighted by atomic mass is 9.99. The fourth-order valence-corrected chi connectivity index (χ4v) is 5.86. The van der Waals surface area contributed by atoms with Gasteiger partial charge in [-0.2, -0.15) is 0 Å². The number of fused-ring (bicyclic) bond motifs is 1. The summed E-state index contributed by atoms with van der Waals surface area (Å²) in [5.41, 5.74) is 8.43. The third-order valence-electron chi connectivity index (χ3n) is 7.59. The summed E-state index contributed by atoms with van der Waals surface area (Å²) in [6.07, 6.45) is 2.16. The molecule has 1 aromatic heterocycles. The number of benzene rings is 3. The maximum atomic E-state index is 12.8. The van der Waals surface area contributed by atoms with Gasteiger partial charge in [0.05, 0.1) is 10.9 Å².